The minimum atomic E-state index is 0.460. The number of nitrogens with one attached hydrogen (secondary N) is 1. The van der Waals surface area contributed by atoms with Crippen molar-refractivity contribution in [3.05, 3.63) is 85.1 Å². The molecule has 1 aliphatic carbocycles. The third kappa shape index (κ3) is 8.63. The standard InChI is InChI=1S/C27H34N6.C2H6/c1-6-10-26(27-32-30-19-33(27)25-13-14-25)31-21(5)29-17-22-11-9-12-24(15-22)23(8-3)18-28-16-20(4)7-2;1-2/h6,8-12,15-16,18-20,25H,1,3,7,13-14,17H2,2,4-5H3,(H,29,31);1-2H3/b23-18+,26-10-,28-16?;. The summed E-state index contributed by atoms with van der Waals surface area (Å²) in [5.74, 6) is 2.07. The molecule has 0 amide bonds. The third-order valence-corrected chi connectivity index (χ3v) is 5.53. The summed E-state index contributed by atoms with van der Waals surface area (Å²) in [6.07, 6.45) is 14.5. The van der Waals surface area contributed by atoms with Crippen molar-refractivity contribution in [2.75, 3.05) is 0 Å². The normalized spacial score (nSPS) is 15.4. The lowest BCUT2D eigenvalue weighted by Gasteiger charge is -2.11. The molecule has 6 heteroatoms. The van der Waals surface area contributed by atoms with Crippen LogP contribution in [0.25, 0.3) is 11.3 Å². The molecule has 1 aliphatic rings. The number of rotatable bonds is 11. The molecule has 0 spiro atoms. The number of hydrogen-bond acceptors (Lipinski definition) is 4. The van der Waals surface area contributed by atoms with Gasteiger partial charge in [0.25, 0.3) is 0 Å². The SMILES string of the molecule is C=C/C=C(\NC(C)=NCc1cccc(/C(C=C)=C/N=CC(C)CC)c1)c1nncn1C1CC1.CC. The molecule has 186 valence electrons. The van der Waals surface area contributed by atoms with Crippen LogP contribution in [0.1, 0.15) is 76.9 Å². The number of hydrogen-bond donors (Lipinski definition) is 1. The van der Waals surface area contributed by atoms with Gasteiger partial charge in [-0.1, -0.05) is 71.2 Å². The highest BCUT2D eigenvalue weighted by Gasteiger charge is 2.27. The van der Waals surface area contributed by atoms with Crippen molar-refractivity contribution >= 4 is 23.3 Å². The van der Waals surface area contributed by atoms with Crippen LogP contribution in [0.5, 0.6) is 0 Å². The molecule has 0 bridgehead atoms. The molecule has 1 N–H and O–H groups in total. The number of nitrogens with zero attached hydrogens (tertiary/aromatic N) is 5. The highest BCUT2D eigenvalue weighted by atomic mass is 15.3. The number of benzene rings is 1. The molecule has 1 aromatic heterocycles. The first-order chi connectivity index (χ1) is 17.0. The quantitative estimate of drug-likeness (QED) is 0.217. The van der Waals surface area contributed by atoms with E-state index >= 15 is 0 Å². The summed E-state index contributed by atoms with van der Waals surface area (Å²) < 4.78 is 2.12. The van der Waals surface area contributed by atoms with Crippen molar-refractivity contribution in [1.29, 1.82) is 0 Å². The zero-order valence-electron chi connectivity index (χ0n) is 21.9. The molecule has 1 saturated carbocycles. The van der Waals surface area contributed by atoms with Gasteiger partial charge in [-0.2, -0.15) is 0 Å². The van der Waals surface area contributed by atoms with Crippen LogP contribution in [0.3, 0.4) is 0 Å². The van der Waals surface area contributed by atoms with Crippen molar-refractivity contribution in [2.45, 2.75) is 66.5 Å². The first kappa shape index (κ1) is 27.7. The summed E-state index contributed by atoms with van der Waals surface area (Å²) in [5.41, 5.74) is 4.03. The maximum atomic E-state index is 4.74. The fourth-order valence-corrected chi connectivity index (χ4v) is 3.26. The van der Waals surface area contributed by atoms with Gasteiger partial charge in [-0.05, 0) is 60.9 Å². The molecule has 2 aromatic rings. The number of aliphatic imine (C=N–C) groups is 2. The zero-order valence-corrected chi connectivity index (χ0v) is 21.9. The Kier molecular flexibility index (Phi) is 11.6. The fourth-order valence-electron chi connectivity index (χ4n) is 3.26. The third-order valence-electron chi connectivity index (χ3n) is 5.53. The first-order valence-electron chi connectivity index (χ1n) is 12.5. The molecule has 1 heterocycles. The van der Waals surface area contributed by atoms with E-state index in [1.807, 2.05) is 51.4 Å². The summed E-state index contributed by atoms with van der Waals surface area (Å²) in [5, 5.41) is 11.8. The molecule has 1 atom stereocenters. The van der Waals surface area contributed by atoms with Crippen molar-refractivity contribution < 1.29 is 0 Å². The second kappa shape index (κ2) is 14.7. The van der Waals surface area contributed by atoms with Crippen LogP contribution >= 0.6 is 0 Å². The highest BCUT2D eigenvalue weighted by molar-refractivity contribution is 5.88. The van der Waals surface area contributed by atoms with Crippen molar-refractivity contribution in [3.8, 4) is 0 Å². The summed E-state index contributed by atoms with van der Waals surface area (Å²) >= 11 is 0. The number of amidine groups is 1. The van der Waals surface area contributed by atoms with Crippen LogP contribution in [0, 0.1) is 5.92 Å². The molecule has 35 heavy (non-hydrogen) atoms. The van der Waals surface area contributed by atoms with Crippen LogP contribution in [-0.4, -0.2) is 26.8 Å². The van der Waals surface area contributed by atoms with Crippen molar-refractivity contribution in [1.82, 2.24) is 20.1 Å². The molecule has 3 rings (SSSR count). The maximum absolute atomic E-state index is 4.74. The van der Waals surface area contributed by atoms with E-state index in [-0.39, 0.29) is 0 Å². The largest absolute Gasteiger partial charge is 0.341 e. The van der Waals surface area contributed by atoms with Gasteiger partial charge in [0.15, 0.2) is 5.82 Å². The molecule has 6 nitrogen and oxygen atoms in total. The second-order valence-electron chi connectivity index (χ2n) is 8.31. The van der Waals surface area contributed by atoms with E-state index in [1.54, 1.807) is 12.4 Å². The van der Waals surface area contributed by atoms with Crippen LogP contribution < -0.4 is 5.32 Å². The molecule has 1 unspecified atom stereocenters. The predicted octanol–water partition coefficient (Wildman–Crippen LogP) is 7.02. The van der Waals surface area contributed by atoms with Crippen LogP contribution in [-0.2, 0) is 6.54 Å². The topological polar surface area (TPSA) is 67.5 Å². The van der Waals surface area contributed by atoms with Gasteiger partial charge in [0.2, 0.25) is 0 Å². The first-order valence-corrected chi connectivity index (χ1v) is 12.5. The van der Waals surface area contributed by atoms with Gasteiger partial charge in [-0.3, -0.25) is 9.98 Å². The van der Waals surface area contributed by atoms with E-state index in [4.69, 9.17) is 4.99 Å². The highest BCUT2D eigenvalue weighted by Crippen LogP contribution is 2.36. The monoisotopic (exact) mass is 472 g/mol. The van der Waals surface area contributed by atoms with Crippen LogP contribution in [0.2, 0.25) is 0 Å². The summed E-state index contributed by atoms with van der Waals surface area (Å²) in [6.45, 7) is 18.6. The van der Waals surface area contributed by atoms with Crippen LogP contribution in [0.15, 0.2) is 78.2 Å². The maximum Gasteiger partial charge on any atom is 0.180 e. The van der Waals surface area contributed by atoms with Gasteiger partial charge in [0, 0.05) is 18.5 Å². The van der Waals surface area contributed by atoms with E-state index < -0.39 is 0 Å². The van der Waals surface area contributed by atoms with Crippen LogP contribution in [0.4, 0.5) is 0 Å². The molecule has 1 fully saturated rings. The summed E-state index contributed by atoms with van der Waals surface area (Å²) in [7, 11) is 0. The zero-order chi connectivity index (χ0) is 25.6. The molecular weight excluding hydrogens is 432 g/mol. The average Bonchev–Trinajstić information content (AvgIpc) is 3.62. The van der Waals surface area contributed by atoms with Crippen molar-refractivity contribution in [3.63, 3.8) is 0 Å². The Bertz CT molecular complexity index is 1080. The number of allylic oxidation sites excluding steroid dienone is 4. The van der Waals surface area contributed by atoms with E-state index in [0.717, 1.165) is 40.5 Å². The predicted molar refractivity (Wildman–Crippen MR) is 150 cm³/mol. The molecule has 0 radical (unpaired) electrons. The molecule has 1 aromatic carbocycles. The number of aromatic nitrogens is 3. The second-order valence-corrected chi connectivity index (χ2v) is 8.31. The molecule has 0 saturated heterocycles. The van der Waals surface area contributed by atoms with Crippen molar-refractivity contribution in [2.24, 2.45) is 15.9 Å². The smallest absolute Gasteiger partial charge is 0.180 e. The lowest BCUT2D eigenvalue weighted by molar-refractivity contribution is 0.723. The molecule has 0 aliphatic heterocycles. The van der Waals surface area contributed by atoms with Gasteiger partial charge in [-0.15, -0.1) is 10.2 Å². The Morgan fingerprint density at radius 1 is 1.29 bits per heavy atom. The van der Waals surface area contributed by atoms with E-state index in [9.17, 15) is 0 Å². The fraction of sp³-hybridized carbons (Fsp3) is 0.379. The lowest BCUT2D eigenvalue weighted by Crippen LogP contribution is -2.21. The Labute approximate surface area is 211 Å². The average molecular weight is 473 g/mol. The van der Waals surface area contributed by atoms with E-state index in [0.29, 0.717) is 18.5 Å². The Morgan fingerprint density at radius 2 is 2.06 bits per heavy atom. The lowest BCUT2D eigenvalue weighted by atomic mass is 10.0. The minimum Gasteiger partial charge on any atom is -0.341 e. The summed E-state index contributed by atoms with van der Waals surface area (Å²) in [6, 6.07) is 8.81. The Morgan fingerprint density at radius 3 is 2.71 bits per heavy atom. The summed E-state index contributed by atoms with van der Waals surface area (Å²) in [4.78, 5) is 9.21. The Balaban J connectivity index is 0.00000210. The minimum absolute atomic E-state index is 0.460. The van der Waals surface area contributed by atoms with E-state index in [2.05, 4.69) is 70.3 Å². The Hall–Kier alpha value is -3.54. The van der Waals surface area contributed by atoms with Gasteiger partial charge < -0.3 is 9.88 Å². The van der Waals surface area contributed by atoms with E-state index in [1.165, 1.54) is 12.8 Å². The van der Waals surface area contributed by atoms with Gasteiger partial charge in [0.1, 0.15) is 6.33 Å². The van der Waals surface area contributed by atoms with Gasteiger partial charge in [-0.25, -0.2) is 0 Å². The van der Waals surface area contributed by atoms with Gasteiger partial charge in [0.05, 0.1) is 18.1 Å². The molecular formula is C29H40N6. The van der Waals surface area contributed by atoms with Gasteiger partial charge >= 0.3 is 0 Å².